The molecule has 0 fully saturated rings. The fourth-order valence-corrected chi connectivity index (χ4v) is 8.84. The first kappa shape index (κ1) is 65.3. The quantitative estimate of drug-likeness (QED) is 0.0278. The molecular formula is C58H114NO8+. The molecule has 9 nitrogen and oxygen atoms in total. The Morgan fingerprint density at radius 2 is 0.672 bits per heavy atom. The molecule has 9 heteroatoms. The number of likely N-dealkylation sites (N-methyl/N-ethyl adjacent to an activating group) is 1. The van der Waals surface area contributed by atoms with E-state index in [1.807, 2.05) is 21.1 Å². The average molecular weight is 954 g/mol. The van der Waals surface area contributed by atoms with E-state index in [2.05, 4.69) is 13.8 Å². The molecule has 0 amide bonds. The van der Waals surface area contributed by atoms with Gasteiger partial charge in [-0.2, -0.15) is 0 Å². The second-order valence-corrected chi connectivity index (χ2v) is 21.3. The number of aliphatic carboxylic acids is 1. The first-order valence-corrected chi connectivity index (χ1v) is 29.2. The lowest BCUT2D eigenvalue weighted by Gasteiger charge is -2.25. The van der Waals surface area contributed by atoms with E-state index >= 15 is 0 Å². The van der Waals surface area contributed by atoms with Gasteiger partial charge in [-0.05, 0) is 12.8 Å². The van der Waals surface area contributed by atoms with Crippen LogP contribution in [0.1, 0.15) is 296 Å². The number of unbranched alkanes of at least 4 members (excludes halogenated alkanes) is 40. The van der Waals surface area contributed by atoms with E-state index in [0.717, 1.165) is 38.5 Å². The van der Waals surface area contributed by atoms with E-state index in [0.29, 0.717) is 17.4 Å². The lowest BCUT2D eigenvalue weighted by Crippen LogP contribution is -2.40. The van der Waals surface area contributed by atoms with Crippen LogP contribution in [0.2, 0.25) is 0 Å². The monoisotopic (exact) mass is 953 g/mol. The van der Waals surface area contributed by atoms with Crippen molar-refractivity contribution in [1.82, 2.24) is 0 Å². The van der Waals surface area contributed by atoms with Crippen LogP contribution in [0.25, 0.3) is 0 Å². The number of carbonyl (C=O) groups is 3. The third-order valence-corrected chi connectivity index (χ3v) is 13.4. The number of carboxylic acid groups (broad SMARTS) is 1. The number of nitrogens with zero attached hydrogens (tertiary/aromatic N) is 1. The third-order valence-electron chi connectivity index (χ3n) is 13.4. The minimum atomic E-state index is -1.50. The van der Waals surface area contributed by atoms with Crippen molar-refractivity contribution in [3.05, 3.63) is 0 Å². The van der Waals surface area contributed by atoms with Gasteiger partial charge >= 0.3 is 17.9 Å². The molecule has 398 valence electrons. The molecule has 0 aromatic rings. The molecule has 0 bridgehead atoms. The molecule has 0 aliphatic heterocycles. The van der Waals surface area contributed by atoms with Crippen molar-refractivity contribution in [1.29, 1.82) is 0 Å². The standard InChI is InChI=1S/C58H113NO8/c1-6-8-10-12-14-16-18-20-22-24-25-26-27-28-29-30-31-33-35-37-39-41-43-45-47-49-56(61)67-54(53-66-58(57(62)63)64-51-50-59(3,4)5)52-65-55(60)48-46-44-42-40-38-36-34-32-23-21-19-17-15-13-11-9-7-2/h54,58H,6-53H2,1-5H3/p+1. The highest BCUT2D eigenvalue weighted by Crippen LogP contribution is 2.18. The van der Waals surface area contributed by atoms with Crippen LogP contribution >= 0.6 is 0 Å². The minimum absolute atomic E-state index is 0.172. The summed E-state index contributed by atoms with van der Waals surface area (Å²) in [6, 6.07) is 0. The van der Waals surface area contributed by atoms with Gasteiger partial charge in [0, 0.05) is 12.8 Å². The van der Waals surface area contributed by atoms with Gasteiger partial charge in [-0.15, -0.1) is 0 Å². The maximum atomic E-state index is 12.9. The third kappa shape index (κ3) is 52.0. The maximum Gasteiger partial charge on any atom is 0.361 e. The highest BCUT2D eigenvalue weighted by atomic mass is 16.7. The van der Waals surface area contributed by atoms with Crippen molar-refractivity contribution in [3.63, 3.8) is 0 Å². The molecule has 0 aromatic carbocycles. The van der Waals surface area contributed by atoms with Crippen LogP contribution in [-0.4, -0.2) is 87.4 Å². The van der Waals surface area contributed by atoms with Gasteiger partial charge in [-0.1, -0.05) is 271 Å². The Balaban J connectivity index is 4.16. The molecule has 0 spiro atoms. The lowest BCUT2D eigenvalue weighted by atomic mass is 10.0. The normalized spacial score (nSPS) is 12.7. The number of hydrogen-bond acceptors (Lipinski definition) is 7. The Hall–Kier alpha value is -1.71. The second kappa shape index (κ2) is 50.7. The number of carbonyl (C=O) groups excluding carboxylic acids is 2. The molecule has 2 unspecified atom stereocenters. The fourth-order valence-electron chi connectivity index (χ4n) is 8.84. The molecule has 0 radical (unpaired) electrons. The van der Waals surface area contributed by atoms with Crippen molar-refractivity contribution >= 4 is 17.9 Å². The van der Waals surface area contributed by atoms with E-state index < -0.39 is 18.4 Å². The van der Waals surface area contributed by atoms with Crippen molar-refractivity contribution < 1.29 is 42.9 Å². The number of rotatable bonds is 55. The van der Waals surface area contributed by atoms with Gasteiger partial charge < -0.3 is 28.5 Å². The second-order valence-electron chi connectivity index (χ2n) is 21.3. The number of quaternary nitrogens is 1. The van der Waals surface area contributed by atoms with Crippen LogP contribution in [0.4, 0.5) is 0 Å². The zero-order valence-corrected chi connectivity index (χ0v) is 45.3. The SMILES string of the molecule is CCCCCCCCCCCCCCCCCCCCCCCCCCCC(=O)OC(COC(=O)CCCCCCCCCCCCCCCCCCC)COC(OCC[N+](C)(C)C)C(=O)O. The zero-order chi connectivity index (χ0) is 49.2. The van der Waals surface area contributed by atoms with Gasteiger partial charge in [0.05, 0.1) is 34.4 Å². The van der Waals surface area contributed by atoms with Gasteiger partial charge in [0.2, 0.25) is 0 Å². The van der Waals surface area contributed by atoms with Crippen LogP contribution in [0.5, 0.6) is 0 Å². The molecule has 0 saturated carbocycles. The van der Waals surface area contributed by atoms with E-state index in [1.165, 1.54) is 231 Å². The first-order valence-electron chi connectivity index (χ1n) is 29.2. The summed E-state index contributed by atoms with van der Waals surface area (Å²) in [5.74, 6) is -1.97. The first-order chi connectivity index (χ1) is 32.6. The van der Waals surface area contributed by atoms with Gasteiger partial charge in [0.15, 0.2) is 6.10 Å². The van der Waals surface area contributed by atoms with Gasteiger partial charge in [0.25, 0.3) is 6.29 Å². The van der Waals surface area contributed by atoms with Gasteiger partial charge in [-0.3, -0.25) is 9.59 Å². The van der Waals surface area contributed by atoms with Crippen molar-refractivity contribution in [2.45, 2.75) is 309 Å². The molecular weight excluding hydrogens is 839 g/mol. The lowest BCUT2D eigenvalue weighted by molar-refractivity contribution is -0.870. The summed E-state index contributed by atoms with van der Waals surface area (Å²) in [7, 11) is 5.98. The van der Waals surface area contributed by atoms with Gasteiger partial charge in [-0.25, -0.2) is 4.79 Å². The summed E-state index contributed by atoms with van der Waals surface area (Å²) in [6.45, 7) is 4.95. The van der Waals surface area contributed by atoms with Crippen LogP contribution in [0.15, 0.2) is 0 Å². The molecule has 0 aliphatic carbocycles. The molecule has 0 aliphatic rings. The summed E-state index contributed by atoms with van der Waals surface area (Å²) in [6.07, 6.45) is 53.2. The Labute approximate surface area is 415 Å². The molecule has 0 saturated heterocycles. The summed E-state index contributed by atoms with van der Waals surface area (Å²) < 4.78 is 22.9. The van der Waals surface area contributed by atoms with E-state index in [4.69, 9.17) is 18.9 Å². The van der Waals surface area contributed by atoms with Crippen LogP contribution < -0.4 is 0 Å². The number of ether oxygens (including phenoxy) is 4. The van der Waals surface area contributed by atoms with Crippen LogP contribution in [0.3, 0.4) is 0 Å². The van der Waals surface area contributed by atoms with Crippen LogP contribution in [-0.2, 0) is 33.3 Å². The Kier molecular flexibility index (Phi) is 49.4. The Bertz CT molecular complexity index is 1060. The molecule has 0 rings (SSSR count). The molecule has 2 atom stereocenters. The summed E-state index contributed by atoms with van der Waals surface area (Å²) in [4.78, 5) is 37.4. The summed E-state index contributed by atoms with van der Waals surface area (Å²) in [5, 5.41) is 9.69. The number of esters is 2. The Morgan fingerprint density at radius 3 is 0.955 bits per heavy atom. The maximum absolute atomic E-state index is 12.9. The smallest absolute Gasteiger partial charge is 0.361 e. The average Bonchev–Trinajstić information content (AvgIpc) is 3.29. The van der Waals surface area contributed by atoms with E-state index in [1.54, 1.807) is 0 Å². The topological polar surface area (TPSA) is 108 Å². The predicted octanol–water partition coefficient (Wildman–Crippen LogP) is 16.8. The van der Waals surface area contributed by atoms with Crippen molar-refractivity contribution in [2.75, 3.05) is 47.5 Å². The fraction of sp³-hybridized carbons (Fsp3) is 0.948. The number of hydrogen-bond donors (Lipinski definition) is 1. The highest BCUT2D eigenvalue weighted by molar-refractivity contribution is 5.71. The Morgan fingerprint density at radius 1 is 0.388 bits per heavy atom. The summed E-state index contributed by atoms with van der Waals surface area (Å²) >= 11 is 0. The van der Waals surface area contributed by atoms with Crippen molar-refractivity contribution in [3.8, 4) is 0 Å². The molecule has 0 heterocycles. The predicted molar refractivity (Wildman–Crippen MR) is 282 cm³/mol. The molecule has 0 aromatic heterocycles. The summed E-state index contributed by atoms with van der Waals surface area (Å²) in [5.41, 5.74) is 0. The molecule has 67 heavy (non-hydrogen) atoms. The zero-order valence-electron chi connectivity index (χ0n) is 45.3. The largest absolute Gasteiger partial charge is 0.477 e. The van der Waals surface area contributed by atoms with Crippen molar-refractivity contribution in [2.24, 2.45) is 0 Å². The minimum Gasteiger partial charge on any atom is -0.477 e. The van der Waals surface area contributed by atoms with E-state index in [-0.39, 0.29) is 38.2 Å². The van der Waals surface area contributed by atoms with E-state index in [9.17, 15) is 19.5 Å². The number of carboxylic acids is 1. The van der Waals surface area contributed by atoms with Crippen LogP contribution in [0, 0.1) is 0 Å². The van der Waals surface area contributed by atoms with Gasteiger partial charge in [0.1, 0.15) is 13.2 Å². The molecule has 1 N–H and O–H groups in total. The highest BCUT2D eigenvalue weighted by Gasteiger charge is 2.25.